The van der Waals surface area contributed by atoms with Gasteiger partial charge >= 0.3 is 0 Å². The molecule has 0 fully saturated rings. The average Bonchev–Trinajstić information content (AvgIpc) is 3.47. The van der Waals surface area contributed by atoms with E-state index in [9.17, 15) is 4.79 Å². The van der Waals surface area contributed by atoms with Gasteiger partial charge in [-0.2, -0.15) is 11.3 Å². The lowest BCUT2D eigenvalue weighted by atomic mass is 10.2. The van der Waals surface area contributed by atoms with Crippen molar-refractivity contribution < 1.29 is 18.7 Å². The van der Waals surface area contributed by atoms with E-state index in [1.54, 1.807) is 35.6 Å². The molecule has 0 spiro atoms. The molecule has 31 heavy (non-hydrogen) atoms. The summed E-state index contributed by atoms with van der Waals surface area (Å²) in [6.07, 6.45) is 0.623. The summed E-state index contributed by atoms with van der Waals surface area (Å²) >= 11 is 1.56. The van der Waals surface area contributed by atoms with Crippen LogP contribution >= 0.6 is 11.3 Å². The number of anilines is 1. The zero-order chi connectivity index (χ0) is 21.5. The van der Waals surface area contributed by atoms with E-state index in [1.807, 2.05) is 48.0 Å². The van der Waals surface area contributed by atoms with Crippen LogP contribution in [0.4, 0.5) is 5.69 Å². The van der Waals surface area contributed by atoms with E-state index in [4.69, 9.17) is 13.9 Å². The molecular weight excluding hydrogens is 414 g/mol. The quantitative estimate of drug-likeness (QED) is 0.370. The molecule has 158 valence electrons. The SMILES string of the molecule is CCOc1ccc(Oc2ccc(NC(=O)CCc3nnc(-c4ccsc4)o3)cc2)cc1. The maximum atomic E-state index is 12.2. The molecule has 1 N–H and O–H groups in total. The molecule has 0 aliphatic carbocycles. The minimum Gasteiger partial charge on any atom is -0.494 e. The van der Waals surface area contributed by atoms with E-state index < -0.39 is 0 Å². The Morgan fingerprint density at radius 2 is 1.71 bits per heavy atom. The van der Waals surface area contributed by atoms with Crippen molar-refractivity contribution in [2.45, 2.75) is 19.8 Å². The van der Waals surface area contributed by atoms with Gasteiger partial charge in [-0.1, -0.05) is 0 Å². The highest BCUT2D eigenvalue weighted by molar-refractivity contribution is 7.08. The third-order valence-corrected chi connectivity index (χ3v) is 4.99. The maximum absolute atomic E-state index is 12.2. The zero-order valence-electron chi connectivity index (χ0n) is 16.9. The van der Waals surface area contributed by atoms with Crippen LogP contribution in [0.1, 0.15) is 19.2 Å². The van der Waals surface area contributed by atoms with Gasteiger partial charge in [0.1, 0.15) is 17.2 Å². The number of carbonyl (C=O) groups excluding carboxylic acids is 1. The maximum Gasteiger partial charge on any atom is 0.248 e. The first-order chi connectivity index (χ1) is 15.2. The largest absolute Gasteiger partial charge is 0.494 e. The van der Waals surface area contributed by atoms with Crippen LogP contribution in [0, 0.1) is 0 Å². The van der Waals surface area contributed by atoms with E-state index in [0.29, 0.717) is 42.0 Å². The molecule has 4 rings (SSSR count). The fraction of sp³-hybridized carbons (Fsp3) is 0.174. The Balaban J connectivity index is 1.26. The van der Waals surface area contributed by atoms with Crippen LogP contribution in [0.3, 0.4) is 0 Å². The highest BCUT2D eigenvalue weighted by Crippen LogP contribution is 2.25. The number of hydrogen-bond donors (Lipinski definition) is 1. The van der Waals surface area contributed by atoms with E-state index in [2.05, 4.69) is 15.5 Å². The summed E-state index contributed by atoms with van der Waals surface area (Å²) in [7, 11) is 0. The number of thiophene rings is 1. The first-order valence-electron chi connectivity index (χ1n) is 9.85. The molecule has 0 atom stereocenters. The van der Waals surface area contributed by atoms with Crippen molar-refractivity contribution in [3.8, 4) is 28.7 Å². The Hall–Kier alpha value is -3.65. The van der Waals surface area contributed by atoms with Crippen molar-refractivity contribution in [1.29, 1.82) is 0 Å². The predicted octanol–water partition coefficient (Wildman–Crippen LogP) is 5.56. The van der Waals surface area contributed by atoms with Crippen LogP contribution in [0.25, 0.3) is 11.5 Å². The summed E-state index contributed by atoms with van der Waals surface area (Å²) in [4.78, 5) is 12.2. The molecule has 4 aromatic rings. The van der Waals surface area contributed by atoms with Gasteiger partial charge in [0.15, 0.2) is 0 Å². The molecule has 1 amide bonds. The van der Waals surface area contributed by atoms with Gasteiger partial charge in [0.25, 0.3) is 0 Å². The number of aryl methyl sites for hydroxylation is 1. The summed E-state index contributed by atoms with van der Waals surface area (Å²) in [5.74, 6) is 2.97. The second-order valence-electron chi connectivity index (χ2n) is 6.59. The number of rotatable bonds is 9. The number of amides is 1. The van der Waals surface area contributed by atoms with E-state index >= 15 is 0 Å². The molecule has 2 heterocycles. The third kappa shape index (κ3) is 5.70. The molecule has 2 aromatic carbocycles. The van der Waals surface area contributed by atoms with Crippen LogP contribution in [-0.2, 0) is 11.2 Å². The van der Waals surface area contributed by atoms with Crippen molar-refractivity contribution in [2.75, 3.05) is 11.9 Å². The van der Waals surface area contributed by atoms with Crippen LogP contribution < -0.4 is 14.8 Å². The van der Waals surface area contributed by atoms with Crippen molar-refractivity contribution in [3.05, 3.63) is 71.2 Å². The average molecular weight is 436 g/mol. The molecule has 0 bridgehead atoms. The van der Waals surface area contributed by atoms with Gasteiger partial charge in [-0.05, 0) is 66.9 Å². The number of carbonyl (C=O) groups is 1. The van der Waals surface area contributed by atoms with Crippen molar-refractivity contribution >= 4 is 22.9 Å². The number of nitrogens with zero attached hydrogens (tertiary/aromatic N) is 2. The molecule has 0 saturated carbocycles. The van der Waals surface area contributed by atoms with Gasteiger partial charge in [0.05, 0.1) is 6.61 Å². The molecular formula is C23H21N3O4S. The molecule has 0 aliphatic heterocycles. The summed E-state index contributed by atoms with van der Waals surface area (Å²) in [5, 5.41) is 14.8. The fourth-order valence-electron chi connectivity index (χ4n) is 2.81. The Bertz CT molecular complexity index is 1110. The normalized spacial score (nSPS) is 10.6. The highest BCUT2D eigenvalue weighted by atomic mass is 32.1. The van der Waals surface area contributed by atoms with Crippen molar-refractivity contribution in [3.63, 3.8) is 0 Å². The predicted molar refractivity (Wildman–Crippen MR) is 119 cm³/mol. The topological polar surface area (TPSA) is 86.5 Å². The molecule has 7 nitrogen and oxygen atoms in total. The van der Waals surface area contributed by atoms with Crippen LogP contribution in [0.5, 0.6) is 17.2 Å². The molecule has 8 heteroatoms. The Morgan fingerprint density at radius 3 is 2.39 bits per heavy atom. The minimum absolute atomic E-state index is 0.129. The van der Waals surface area contributed by atoms with Gasteiger partial charge in [-0.3, -0.25) is 4.79 Å². The second-order valence-corrected chi connectivity index (χ2v) is 7.37. The highest BCUT2D eigenvalue weighted by Gasteiger charge is 2.11. The van der Waals surface area contributed by atoms with Crippen LogP contribution in [0.15, 0.2) is 69.8 Å². The first kappa shape index (κ1) is 20.6. The van der Waals surface area contributed by atoms with Crippen molar-refractivity contribution in [2.24, 2.45) is 0 Å². The Kier molecular flexibility index (Phi) is 6.59. The second kappa shape index (κ2) is 9.90. The lowest BCUT2D eigenvalue weighted by Crippen LogP contribution is -2.12. The van der Waals surface area contributed by atoms with Crippen LogP contribution in [-0.4, -0.2) is 22.7 Å². The van der Waals surface area contributed by atoms with E-state index in [0.717, 1.165) is 11.3 Å². The molecule has 2 aromatic heterocycles. The smallest absolute Gasteiger partial charge is 0.248 e. The first-order valence-corrected chi connectivity index (χ1v) is 10.8. The fourth-order valence-corrected chi connectivity index (χ4v) is 3.44. The number of aromatic nitrogens is 2. The summed E-state index contributed by atoms with van der Waals surface area (Å²) in [5.41, 5.74) is 1.58. The van der Waals surface area contributed by atoms with Gasteiger partial charge in [-0.25, -0.2) is 0 Å². The summed E-state index contributed by atoms with van der Waals surface area (Å²) < 4.78 is 16.8. The lowest BCUT2D eigenvalue weighted by molar-refractivity contribution is -0.116. The molecule has 0 saturated heterocycles. The minimum atomic E-state index is -0.129. The molecule has 0 unspecified atom stereocenters. The third-order valence-electron chi connectivity index (χ3n) is 4.31. The van der Waals surface area contributed by atoms with Gasteiger partial charge in [0.2, 0.25) is 17.7 Å². The van der Waals surface area contributed by atoms with Gasteiger partial charge in [-0.15, -0.1) is 10.2 Å². The number of nitrogens with one attached hydrogen (secondary N) is 1. The van der Waals surface area contributed by atoms with Gasteiger partial charge in [0, 0.05) is 29.5 Å². The Morgan fingerprint density at radius 1 is 1.00 bits per heavy atom. The summed E-state index contributed by atoms with van der Waals surface area (Å²) in [6.45, 7) is 2.57. The van der Waals surface area contributed by atoms with E-state index in [-0.39, 0.29) is 12.3 Å². The van der Waals surface area contributed by atoms with E-state index in [1.165, 1.54) is 0 Å². The van der Waals surface area contributed by atoms with Crippen molar-refractivity contribution in [1.82, 2.24) is 10.2 Å². The number of benzene rings is 2. The molecule has 0 radical (unpaired) electrons. The number of ether oxygens (including phenoxy) is 2. The van der Waals surface area contributed by atoms with Gasteiger partial charge < -0.3 is 19.2 Å². The lowest BCUT2D eigenvalue weighted by Gasteiger charge is -2.09. The van der Waals surface area contributed by atoms with Crippen LogP contribution in [0.2, 0.25) is 0 Å². The molecule has 0 aliphatic rings. The summed E-state index contributed by atoms with van der Waals surface area (Å²) in [6, 6.07) is 16.5. The monoisotopic (exact) mass is 435 g/mol. The number of hydrogen-bond acceptors (Lipinski definition) is 7. The standard InChI is InChI=1S/C23H21N3O4S/c1-2-28-18-7-9-20(10-8-18)29-19-5-3-17(4-6-19)24-21(27)11-12-22-25-26-23(30-22)16-13-14-31-15-16/h3-10,13-15H,2,11-12H2,1H3,(H,24,27). The zero-order valence-corrected chi connectivity index (χ0v) is 17.7. The Labute approximate surface area is 183 Å².